The fourth-order valence-corrected chi connectivity index (χ4v) is 6.17. The molecule has 3 aliphatic rings. The van der Waals surface area contributed by atoms with Crippen LogP contribution in [-0.2, 0) is 19.2 Å². The van der Waals surface area contributed by atoms with Crippen LogP contribution < -0.4 is 42.5 Å². The van der Waals surface area contributed by atoms with Crippen LogP contribution in [-0.4, -0.2) is 123 Å². The fourth-order valence-electron chi connectivity index (χ4n) is 6.17. The molecule has 3 aliphatic heterocycles. The summed E-state index contributed by atoms with van der Waals surface area (Å²) in [7, 11) is 0. The number of hydrogen-bond donors (Lipinski definition) is 10. The summed E-state index contributed by atoms with van der Waals surface area (Å²) in [5.41, 5.74) is -1.39. The second-order valence-electron chi connectivity index (χ2n) is 12.9. The summed E-state index contributed by atoms with van der Waals surface area (Å²) in [5.74, 6) is -1.86. The van der Waals surface area contributed by atoms with Gasteiger partial charge in [0.2, 0.25) is 11.8 Å². The number of carboxylic acid groups (broad SMARTS) is 2. The Hall–Kier alpha value is -2.36. The minimum atomic E-state index is -0.907. The Balaban J connectivity index is 1.80. The molecule has 14 heteroatoms. The van der Waals surface area contributed by atoms with E-state index in [9.17, 15) is 19.2 Å². The normalized spacial score (nSPS) is 32.8. The highest BCUT2D eigenvalue weighted by Gasteiger charge is 2.43. The van der Waals surface area contributed by atoms with Gasteiger partial charge < -0.3 is 52.7 Å². The van der Waals surface area contributed by atoms with Crippen molar-refractivity contribution < 1.29 is 29.4 Å². The number of carboxylic acids is 2. The number of hydrogen-bond acceptors (Lipinski definition) is 10. The van der Waals surface area contributed by atoms with Crippen LogP contribution in [0.15, 0.2) is 0 Å². The van der Waals surface area contributed by atoms with Gasteiger partial charge in [-0.3, -0.25) is 19.2 Å². The summed E-state index contributed by atoms with van der Waals surface area (Å²) >= 11 is 0. The molecule has 2 amide bonds. The molecule has 0 aliphatic carbocycles. The Labute approximate surface area is 248 Å². The van der Waals surface area contributed by atoms with E-state index in [0.29, 0.717) is 71.7 Å². The molecule has 0 spiro atoms. The molecule has 42 heavy (non-hydrogen) atoms. The smallest absolute Gasteiger partial charge is 0.303 e. The molecule has 0 radical (unpaired) electrons. The fraction of sp³-hybridized carbons (Fsp3) is 0.857. The van der Waals surface area contributed by atoms with E-state index in [1.54, 1.807) is 0 Å². The van der Waals surface area contributed by atoms with Crippen LogP contribution in [0.5, 0.6) is 0 Å². The second kappa shape index (κ2) is 15.9. The largest absolute Gasteiger partial charge is 0.481 e. The standard InChI is InChI=1S/C28H52N8O6/c1-20-9-29-14-27(35-22(37)5-3-7-24(39)40)15-31-11-21-26(2,12-32-17-27)13-33-18-28(19-34-21,16-30-10-20)36-23(38)6-4-8-25(41)42/h20-21,29-34H,3-19H2,1-2H3,(H,35,37)(H,36,38)(H,39,40)(H,41,42)/t20?,21-,26?,27+,28+/m1/s1. The molecule has 3 heterocycles. The van der Waals surface area contributed by atoms with E-state index < -0.39 is 23.0 Å². The molecule has 240 valence electrons. The molecule has 5 atom stereocenters. The first kappa shape index (κ1) is 34.1. The average molecular weight is 597 g/mol. The van der Waals surface area contributed by atoms with Crippen LogP contribution in [0.25, 0.3) is 0 Å². The molecule has 2 unspecified atom stereocenters. The summed E-state index contributed by atoms with van der Waals surface area (Å²) in [6.45, 7) is 11.1. The Morgan fingerprint density at radius 2 is 1.07 bits per heavy atom. The molecule has 3 rings (SSSR count). The lowest BCUT2D eigenvalue weighted by Gasteiger charge is -2.46. The van der Waals surface area contributed by atoms with Gasteiger partial charge >= 0.3 is 11.9 Å². The van der Waals surface area contributed by atoms with Crippen LogP contribution in [0, 0.1) is 11.3 Å². The number of fused-ring (bicyclic) bond motifs is 5. The zero-order valence-electron chi connectivity index (χ0n) is 25.2. The van der Waals surface area contributed by atoms with Crippen LogP contribution >= 0.6 is 0 Å². The molecule has 0 aromatic rings. The summed E-state index contributed by atoms with van der Waals surface area (Å²) in [4.78, 5) is 47.7. The Morgan fingerprint density at radius 1 is 0.643 bits per heavy atom. The minimum Gasteiger partial charge on any atom is -0.481 e. The van der Waals surface area contributed by atoms with Gasteiger partial charge in [0.05, 0.1) is 11.1 Å². The van der Waals surface area contributed by atoms with E-state index >= 15 is 0 Å². The number of carbonyl (C=O) groups is 4. The molecule has 14 nitrogen and oxygen atoms in total. The van der Waals surface area contributed by atoms with Gasteiger partial charge in [-0.15, -0.1) is 0 Å². The maximum absolute atomic E-state index is 12.9. The van der Waals surface area contributed by atoms with Crippen molar-refractivity contribution in [3.63, 3.8) is 0 Å². The molecular weight excluding hydrogens is 544 g/mol. The summed E-state index contributed by atoms with van der Waals surface area (Å²) in [6.07, 6.45) is 0.825. The lowest BCUT2D eigenvalue weighted by atomic mass is 9.79. The third-order valence-corrected chi connectivity index (χ3v) is 8.63. The van der Waals surface area contributed by atoms with Gasteiger partial charge in [0.25, 0.3) is 0 Å². The molecule has 10 N–H and O–H groups in total. The van der Waals surface area contributed by atoms with E-state index in [0.717, 1.165) is 13.1 Å². The van der Waals surface area contributed by atoms with E-state index in [1.807, 2.05) is 0 Å². The van der Waals surface area contributed by atoms with Crippen LogP contribution in [0.2, 0.25) is 0 Å². The monoisotopic (exact) mass is 596 g/mol. The Morgan fingerprint density at radius 3 is 1.55 bits per heavy atom. The van der Waals surface area contributed by atoms with Crippen LogP contribution in [0.4, 0.5) is 0 Å². The highest BCUT2D eigenvalue weighted by Crippen LogP contribution is 2.24. The van der Waals surface area contributed by atoms with E-state index in [1.165, 1.54) is 0 Å². The second-order valence-corrected chi connectivity index (χ2v) is 12.9. The van der Waals surface area contributed by atoms with Gasteiger partial charge in [0.1, 0.15) is 0 Å². The molecule has 0 aromatic carbocycles. The number of carbonyl (C=O) groups excluding carboxylic acids is 2. The predicted octanol–water partition coefficient (Wildman–Crippen LogP) is -2.20. The molecule has 0 aromatic heterocycles. The van der Waals surface area contributed by atoms with Gasteiger partial charge in [-0.2, -0.15) is 0 Å². The summed E-state index contributed by atoms with van der Waals surface area (Å²) in [6, 6.07) is 0.0418. The van der Waals surface area contributed by atoms with Gasteiger partial charge in [-0.25, -0.2) is 0 Å². The minimum absolute atomic E-state index is 0.0386. The SMILES string of the molecule is CC1CNC[C@]2(NC(=O)CCCC(=O)O)CNC[C@H]3NC[C@](NC(=O)CCCC(=O)O)(CNC1)CNCC3(C)CNC2. The zero-order chi connectivity index (χ0) is 30.6. The van der Waals surface area contributed by atoms with Gasteiger partial charge in [0, 0.05) is 96.0 Å². The summed E-state index contributed by atoms with van der Waals surface area (Å²) < 4.78 is 0. The van der Waals surface area contributed by atoms with Crippen molar-refractivity contribution >= 4 is 23.8 Å². The maximum atomic E-state index is 12.9. The lowest BCUT2D eigenvalue weighted by molar-refractivity contribution is -0.138. The molecular formula is C28H52N8O6. The van der Waals surface area contributed by atoms with Crippen molar-refractivity contribution in [3.05, 3.63) is 0 Å². The van der Waals surface area contributed by atoms with Gasteiger partial charge in [0.15, 0.2) is 0 Å². The topological polar surface area (TPSA) is 205 Å². The van der Waals surface area contributed by atoms with Gasteiger partial charge in [-0.1, -0.05) is 13.8 Å². The predicted molar refractivity (Wildman–Crippen MR) is 158 cm³/mol. The Bertz CT molecular complexity index is 893. The first-order valence-corrected chi connectivity index (χ1v) is 15.3. The third-order valence-electron chi connectivity index (χ3n) is 8.63. The summed E-state index contributed by atoms with van der Waals surface area (Å²) in [5, 5.41) is 46.2. The molecule has 3 saturated heterocycles. The first-order chi connectivity index (χ1) is 19.9. The first-order valence-electron chi connectivity index (χ1n) is 15.3. The number of amides is 2. The maximum Gasteiger partial charge on any atom is 0.303 e. The highest BCUT2D eigenvalue weighted by molar-refractivity contribution is 5.78. The Kier molecular flexibility index (Phi) is 12.9. The average Bonchev–Trinajstić information content (AvgIpc) is 2.94. The molecule has 3 fully saturated rings. The number of rotatable bonds is 10. The van der Waals surface area contributed by atoms with Crippen molar-refractivity contribution in [1.82, 2.24) is 42.5 Å². The van der Waals surface area contributed by atoms with E-state index in [-0.39, 0.29) is 54.9 Å². The van der Waals surface area contributed by atoms with E-state index in [4.69, 9.17) is 10.2 Å². The highest BCUT2D eigenvalue weighted by atomic mass is 16.4. The van der Waals surface area contributed by atoms with Crippen molar-refractivity contribution in [1.29, 1.82) is 0 Å². The van der Waals surface area contributed by atoms with Crippen LogP contribution in [0.3, 0.4) is 0 Å². The number of nitrogens with one attached hydrogen (secondary N) is 8. The lowest BCUT2D eigenvalue weighted by Crippen LogP contribution is -2.71. The number of aliphatic carboxylic acids is 2. The van der Waals surface area contributed by atoms with Crippen molar-refractivity contribution in [2.75, 3.05) is 72.0 Å². The quantitative estimate of drug-likeness (QED) is 0.130. The molecule has 0 saturated carbocycles. The van der Waals surface area contributed by atoms with Crippen LogP contribution in [0.1, 0.15) is 52.4 Å². The van der Waals surface area contributed by atoms with Crippen molar-refractivity contribution in [2.45, 2.75) is 69.5 Å². The molecule has 3 bridgehead atoms. The van der Waals surface area contributed by atoms with Gasteiger partial charge in [-0.05, 0) is 31.8 Å². The van der Waals surface area contributed by atoms with Crippen molar-refractivity contribution in [2.24, 2.45) is 11.3 Å². The van der Waals surface area contributed by atoms with E-state index in [2.05, 4.69) is 56.4 Å². The zero-order valence-corrected chi connectivity index (χ0v) is 25.2. The van der Waals surface area contributed by atoms with Crippen molar-refractivity contribution in [3.8, 4) is 0 Å². The third kappa shape index (κ3) is 10.7.